The summed E-state index contributed by atoms with van der Waals surface area (Å²) in [6.07, 6.45) is 1.70. The number of benzene rings is 1. The Bertz CT molecular complexity index is 336. The van der Waals surface area contributed by atoms with Crippen LogP contribution < -0.4 is 10.6 Å². The SMILES string of the molecule is C[C@H](N)C(=O)N(C[C]=O)c1ccccc1. The Morgan fingerprint density at radius 1 is 1.47 bits per heavy atom. The second-order valence-electron chi connectivity index (χ2n) is 3.19. The topological polar surface area (TPSA) is 63.4 Å². The van der Waals surface area contributed by atoms with Crippen LogP contribution in [-0.4, -0.2) is 24.8 Å². The minimum absolute atomic E-state index is 0.0929. The van der Waals surface area contributed by atoms with Crippen molar-refractivity contribution in [3.63, 3.8) is 0 Å². The number of anilines is 1. The highest BCUT2D eigenvalue weighted by Crippen LogP contribution is 2.13. The Hall–Kier alpha value is -1.68. The monoisotopic (exact) mass is 205 g/mol. The molecule has 4 heteroatoms. The molecule has 1 rings (SSSR count). The summed E-state index contributed by atoms with van der Waals surface area (Å²) >= 11 is 0. The molecule has 0 fully saturated rings. The fourth-order valence-corrected chi connectivity index (χ4v) is 1.21. The molecule has 0 aromatic heterocycles. The summed E-state index contributed by atoms with van der Waals surface area (Å²) in [5, 5.41) is 0. The molecular weight excluding hydrogens is 192 g/mol. The fraction of sp³-hybridized carbons (Fsp3) is 0.273. The van der Waals surface area contributed by atoms with Gasteiger partial charge in [0.1, 0.15) is 0 Å². The first kappa shape index (κ1) is 11.4. The van der Waals surface area contributed by atoms with Crippen LogP contribution >= 0.6 is 0 Å². The fourth-order valence-electron chi connectivity index (χ4n) is 1.21. The van der Waals surface area contributed by atoms with Crippen LogP contribution in [0.5, 0.6) is 0 Å². The zero-order chi connectivity index (χ0) is 11.3. The van der Waals surface area contributed by atoms with Crippen LogP contribution in [0.2, 0.25) is 0 Å². The average molecular weight is 205 g/mol. The first-order chi connectivity index (χ1) is 7.16. The second-order valence-corrected chi connectivity index (χ2v) is 3.19. The van der Waals surface area contributed by atoms with Gasteiger partial charge in [0.05, 0.1) is 12.6 Å². The lowest BCUT2D eigenvalue weighted by Gasteiger charge is -2.21. The maximum atomic E-state index is 11.7. The molecule has 79 valence electrons. The van der Waals surface area contributed by atoms with Crippen LogP contribution in [0.25, 0.3) is 0 Å². The van der Waals surface area contributed by atoms with Crippen LogP contribution in [0.4, 0.5) is 5.69 Å². The largest absolute Gasteiger partial charge is 0.320 e. The van der Waals surface area contributed by atoms with E-state index in [0.29, 0.717) is 5.69 Å². The van der Waals surface area contributed by atoms with Gasteiger partial charge in [0, 0.05) is 5.69 Å². The highest BCUT2D eigenvalue weighted by molar-refractivity contribution is 5.98. The van der Waals surface area contributed by atoms with Gasteiger partial charge in [-0.2, -0.15) is 0 Å². The first-order valence-electron chi connectivity index (χ1n) is 4.64. The number of nitrogens with two attached hydrogens (primary N) is 1. The van der Waals surface area contributed by atoms with Crippen LogP contribution in [0.1, 0.15) is 6.92 Å². The van der Waals surface area contributed by atoms with Gasteiger partial charge in [-0.05, 0) is 19.1 Å². The third-order valence-corrected chi connectivity index (χ3v) is 1.95. The molecule has 1 radical (unpaired) electrons. The van der Waals surface area contributed by atoms with Gasteiger partial charge in [-0.1, -0.05) is 18.2 Å². The number of rotatable bonds is 4. The van der Waals surface area contributed by atoms with Crippen LogP contribution in [0.3, 0.4) is 0 Å². The Morgan fingerprint density at radius 2 is 2.07 bits per heavy atom. The average Bonchev–Trinajstić information content (AvgIpc) is 2.26. The van der Waals surface area contributed by atoms with Crippen molar-refractivity contribution in [2.45, 2.75) is 13.0 Å². The van der Waals surface area contributed by atoms with E-state index in [9.17, 15) is 9.59 Å². The first-order valence-corrected chi connectivity index (χ1v) is 4.64. The smallest absolute Gasteiger partial charge is 0.244 e. The van der Waals surface area contributed by atoms with E-state index in [1.54, 1.807) is 37.5 Å². The standard InChI is InChI=1S/C11H13N2O2/c1-9(12)11(15)13(7-8-14)10-5-3-2-4-6-10/h2-6,9H,7,12H2,1H3/t9-/m0/s1. The van der Waals surface area contributed by atoms with E-state index >= 15 is 0 Å². The highest BCUT2D eigenvalue weighted by atomic mass is 16.2. The molecule has 1 amide bonds. The van der Waals surface area contributed by atoms with Crippen molar-refractivity contribution < 1.29 is 9.59 Å². The van der Waals surface area contributed by atoms with Crippen molar-refractivity contribution in [3.8, 4) is 0 Å². The zero-order valence-electron chi connectivity index (χ0n) is 8.51. The molecule has 0 aliphatic heterocycles. The van der Waals surface area contributed by atoms with Gasteiger partial charge in [-0.15, -0.1) is 0 Å². The van der Waals surface area contributed by atoms with Crippen molar-refractivity contribution in [1.82, 2.24) is 0 Å². The van der Waals surface area contributed by atoms with Gasteiger partial charge in [-0.25, -0.2) is 0 Å². The van der Waals surface area contributed by atoms with E-state index in [2.05, 4.69) is 0 Å². The van der Waals surface area contributed by atoms with Gasteiger partial charge in [0.15, 0.2) is 0 Å². The normalized spacial score (nSPS) is 11.9. The van der Waals surface area contributed by atoms with Gasteiger partial charge in [-0.3, -0.25) is 9.59 Å². The summed E-state index contributed by atoms with van der Waals surface area (Å²) < 4.78 is 0. The maximum Gasteiger partial charge on any atom is 0.244 e. The molecule has 1 aromatic rings. The molecule has 2 N–H and O–H groups in total. The molecule has 0 heterocycles. The molecule has 1 atom stereocenters. The third-order valence-electron chi connectivity index (χ3n) is 1.95. The molecule has 0 bridgehead atoms. The lowest BCUT2D eigenvalue weighted by atomic mass is 10.2. The summed E-state index contributed by atoms with van der Waals surface area (Å²) in [5.74, 6) is -0.287. The predicted octanol–water partition coefficient (Wildman–Crippen LogP) is 0.477. The number of carbonyl (C=O) groups is 1. The number of nitrogens with zero attached hydrogens (tertiary/aromatic N) is 1. The molecule has 0 aliphatic rings. The van der Waals surface area contributed by atoms with E-state index in [4.69, 9.17) is 5.73 Å². The minimum atomic E-state index is -0.626. The van der Waals surface area contributed by atoms with Crippen LogP contribution in [0.15, 0.2) is 30.3 Å². The molecule has 4 nitrogen and oxygen atoms in total. The summed E-state index contributed by atoms with van der Waals surface area (Å²) in [4.78, 5) is 23.3. The van der Waals surface area contributed by atoms with Crippen LogP contribution in [-0.2, 0) is 9.59 Å². The van der Waals surface area contributed by atoms with Crippen molar-refractivity contribution in [2.75, 3.05) is 11.4 Å². The van der Waals surface area contributed by atoms with Crippen LogP contribution in [0, 0.1) is 0 Å². The van der Waals surface area contributed by atoms with Crippen molar-refractivity contribution in [3.05, 3.63) is 30.3 Å². The number of para-hydroxylation sites is 1. The minimum Gasteiger partial charge on any atom is -0.320 e. The zero-order valence-corrected chi connectivity index (χ0v) is 8.51. The molecule has 0 aliphatic carbocycles. The summed E-state index contributed by atoms with van der Waals surface area (Å²) in [7, 11) is 0. The number of hydrogen-bond donors (Lipinski definition) is 1. The molecule has 1 aromatic carbocycles. The third kappa shape index (κ3) is 2.89. The lowest BCUT2D eigenvalue weighted by Crippen LogP contribution is -2.43. The Labute approximate surface area is 88.7 Å². The summed E-state index contributed by atoms with van der Waals surface area (Å²) in [5.41, 5.74) is 6.14. The summed E-state index contributed by atoms with van der Waals surface area (Å²) in [6.45, 7) is 1.49. The molecule has 0 saturated carbocycles. The van der Waals surface area contributed by atoms with Gasteiger partial charge < -0.3 is 10.6 Å². The van der Waals surface area contributed by atoms with Gasteiger partial charge >= 0.3 is 0 Å². The number of hydrogen-bond acceptors (Lipinski definition) is 3. The Morgan fingerprint density at radius 3 is 2.53 bits per heavy atom. The summed E-state index contributed by atoms with van der Waals surface area (Å²) in [6, 6.07) is 8.29. The quantitative estimate of drug-likeness (QED) is 0.777. The second kappa shape index (κ2) is 5.26. The van der Waals surface area contributed by atoms with Gasteiger partial charge in [0.25, 0.3) is 0 Å². The number of amides is 1. The molecular formula is C11H13N2O2. The molecule has 0 unspecified atom stereocenters. The molecule has 15 heavy (non-hydrogen) atoms. The number of carbonyl (C=O) groups excluding carboxylic acids is 2. The van der Waals surface area contributed by atoms with E-state index < -0.39 is 6.04 Å². The predicted molar refractivity (Wildman–Crippen MR) is 58.1 cm³/mol. The van der Waals surface area contributed by atoms with Crippen molar-refractivity contribution in [1.29, 1.82) is 0 Å². The van der Waals surface area contributed by atoms with Gasteiger partial charge in [0.2, 0.25) is 12.2 Å². The van der Waals surface area contributed by atoms with Crippen molar-refractivity contribution >= 4 is 17.9 Å². The van der Waals surface area contributed by atoms with E-state index in [1.807, 2.05) is 6.07 Å². The maximum absolute atomic E-state index is 11.7. The highest BCUT2D eigenvalue weighted by Gasteiger charge is 2.18. The van der Waals surface area contributed by atoms with E-state index in [-0.39, 0.29) is 12.5 Å². The lowest BCUT2D eigenvalue weighted by molar-refractivity contribution is -0.119. The Kier molecular flexibility index (Phi) is 4.00. The van der Waals surface area contributed by atoms with E-state index in [0.717, 1.165) is 0 Å². The van der Waals surface area contributed by atoms with E-state index in [1.165, 1.54) is 4.90 Å². The molecule has 0 spiro atoms. The van der Waals surface area contributed by atoms with Crippen molar-refractivity contribution in [2.24, 2.45) is 5.73 Å². The molecule has 0 saturated heterocycles. The Balaban J connectivity index is 2.93.